The van der Waals surface area contributed by atoms with Crippen LogP contribution in [-0.4, -0.2) is 7.11 Å². The van der Waals surface area contributed by atoms with Gasteiger partial charge in [0.2, 0.25) is 0 Å². The fourth-order valence-electron chi connectivity index (χ4n) is 4.19. The van der Waals surface area contributed by atoms with Gasteiger partial charge < -0.3 is 10.5 Å². The molecule has 0 heterocycles. The molecule has 2 aliphatic carbocycles. The summed E-state index contributed by atoms with van der Waals surface area (Å²) in [6, 6.07) is 6.57. The van der Waals surface area contributed by atoms with E-state index in [1.165, 1.54) is 36.8 Å². The van der Waals surface area contributed by atoms with Crippen molar-refractivity contribution in [3.05, 3.63) is 29.3 Å². The van der Waals surface area contributed by atoms with Gasteiger partial charge in [-0.25, -0.2) is 0 Å². The minimum absolute atomic E-state index is 0.166. The molecule has 0 saturated heterocycles. The van der Waals surface area contributed by atoms with Gasteiger partial charge in [-0.1, -0.05) is 18.6 Å². The number of ether oxygens (including phenoxy) is 1. The SMILES string of the molecule is COc1cc(C(N)CC2CC3CCC2C3)ccc1C. The fraction of sp³-hybridized carbons (Fsp3) is 0.647. The van der Waals surface area contributed by atoms with Crippen LogP contribution in [0.3, 0.4) is 0 Å². The van der Waals surface area contributed by atoms with Crippen LogP contribution in [0.5, 0.6) is 5.75 Å². The summed E-state index contributed by atoms with van der Waals surface area (Å²) in [5.74, 6) is 3.79. The third-order valence-corrected chi connectivity index (χ3v) is 5.30. The Morgan fingerprint density at radius 2 is 2.16 bits per heavy atom. The molecule has 0 aliphatic heterocycles. The molecule has 104 valence electrons. The zero-order valence-corrected chi connectivity index (χ0v) is 12.1. The first-order valence-corrected chi connectivity index (χ1v) is 7.57. The molecular formula is C17H25NO. The maximum atomic E-state index is 6.42. The van der Waals surface area contributed by atoms with E-state index in [1.54, 1.807) is 7.11 Å². The molecule has 0 amide bonds. The third kappa shape index (κ3) is 2.51. The Kier molecular flexibility index (Phi) is 3.53. The summed E-state index contributed by atoms with van der Waals surface area (Å²) < 4.78 is 5.40. The second-order valence-corrected chi connectivity index (χ2v) is 6.51. The molecule has 2 saturated carbocycles. The summed E-state index contributed by atoms with van der Waals surface area (Å²) in [6.07, 6.45) is 6.94. The maximum absolute atomic E-state index is 6.42. The van der Waals surface area contributed by atoms with Gasteiger partial charge in [0.1, 0.15) is 5.75 Å². The molecule has 0 aromatic heterocycles. The Morgan fingerprint density at radius 3 is 2.79 bits per heavy atom. The summed E-state index contributed by atoms with van der Waals surface area (Å²) in [7, 11) is 1.73. The van der Waals surface area contributed by atoms with E-state index in [0.29, 0.717) is 0 Å². The molecule has 0 radical (unpaired) electrons. The van der Waals surface area contributed by atoms with Crippen LogP contribution in [0.1, 0.15) is 49.3 Å². The Hall–Kier alpha value is -1.02. The summed E-state index contributed by atoms with van der Waals surface area (Å²) >= 11 is 0. The average molecular weight is 259 g/mol. The predicted molar refractivity (Wildman–Crippen MR) is 78.2 cm³/mol. The maximum Gasteiger partial charge on any atom is 0.122 e. The number of rotatable bonds is 4. The van der Waals surface area contributed by atoms with Crippen LogP contribution in [0.2, 0.25) is 0 Å². The zero-order valence-electron chi connectivity index (χ0n) is 12.1. The molecule has 4 atom stereocenters. The number of nitrogens with two attached hydrogens (primary N) is 1. The highest BCUT2D eigenvalue weighted by Crippen LogP contribution is 2.50. The highest BCUT2D eigenvalue weighted by molar-refractivity contribution is 5.37. The van der Waals surface area contributed by atoms with E-state index in [2.05, 4.69) is 25.1 Å². The van der Waals surface area contributed by atoms with Gasteiger partial charge in [0.05, 0.1) is 7.11 Å². The molecule has 2 bridgehead atoms. The summed E-state index contributed by atoms with van der Waals surface area (Å²) in [6.45, 7) is 2.07. The lowest BCUT2D eigenvalue weighted by molar-refractivity contribution is 0.296. The topological polar surface area (TPSA) is 35.2 Å². The molecule has 4 unspecified atom stereocenters. The van der Waals surface area contributed by atoms with Crippen molar-refractivity contribution in [2.24, 2.45) is 23.5 Å². The highest BCUT2D eigenvalue weighted by Gasteiger charge is 2.39. The highest BCUT2D eigenvalue weighted by atomic mass is 16.5. The molecule has 1 aromatic carbocycles. The van der Waals surface area contributed by atoms with E-state index in [1.807, 2.05) is 0 Å². The first kappa shape index (κ1) is 13.0. The van der Waals surface area contributed by atoms with Crippen LogP contribution in [0, 0.1) is 24.7 Å². The van der Waals surface area contributed by atoms with E-state index in [-0.39, 0.29) is 6.04 Å². The average Bonchev–Trinajstić information content (AvgIpc) is 3.01. The van der Waals surface area contributed by atoms with Gasteiger partial charge in [0, 0.05) is 6.04 Å². The van der Waals surface area contributed by atoms with Gasteiger partial charge in [-0.15, -0.1) is 0 Å². The van der Waals surface area contributed by atoms with E-state index in [4.69, 9.17) is 10.5 Å². The largest absolute Gasteiger partial charge is 0.496 e. The smallest absolute Gasteiger partial charge is 0.122 e. The van der Waals surface area contributed by atoms with Crippen LogP contribution in [0.4, 0.5) is 0 Å². The lowest BCUT2D eigenvalue weighted by Gasteiger charge is -2.25. The van der Waals surface area contributed by atoms with Gasteiger partial charge in [-0.05, 0) is 67.6 Å². The van der Waals surface area contributed by atoms with Gasteiger partial charge in [-0.2, -0.15) is 0 Å². The second-order valence-electron chi connectivity index (χ2n) is 6.51. The number of hydrogen-bond donors (Lipinski definition) is 1. The molecule has 2 N–H and O–H groups in total. The number of methoxy groups -OCH3 is 1. The van der Waals surface area contributed by atoms with Gasteiger partial charge >= 0.3 is 0 Å². The first-order chi connectivity index (χ1) is 9.17. The first-order valence-electron chi connectivity index (χ1n) is 7.57. The van der Waals surface area contributed by atoms with Crippen molar-refractivity contribution in [3.63, 3.8) is 0 Å². The van der Waals surface area contributed by atoms with Crippen molar-refractivity contribution < 1.29 is 4.74 Å². The minimum atomic E-state index is 0.166. The Morgan fingerprint density at radius 1 is 1.32 bits per heavy atom. The van der Waals surface area contributed by atoms with Gasteiger partial charge in [0.25, 0.3) is 0 Å². The summed E-state index contributed by atoms with van der Waals surface area (Å²) in [5, 5.41) is 0. The van der Waals surface area contributed by atoms with Crippen LogP contribution in [0.15, 0.2) is 18.2 Å². The number of aryl methyl sites for hydroxylation is 1. The Bertz CT molecular complexity index is 457. The minimum Gasteiger partial charge on any atom is -0.496 e. The standard InChI is InChI=1S/C17H25NO/c1-11-3-5-14(10-17(11)19-2)16(18)9-15-8-12-4-6-13(15)7-12/h3,5,10,12-13,15-16H,4,6-9,18H2,1-2H3. The van der Waals surface area contributed by atoms with Crippen LogP contribution in [-0.2, 0) is 0 Å². The number of fused-ring (bicyclic) bond motifs is 2. The van der Waals surface area contributed by atoms with Crippen molar-refractivity contribution in [1.82, 2.24) is 0 Å². The number of benzene rings is 1. The molecule has 0 spiro atoms. The van der Waals surface area contributed by atoms with Crippen LogP contribution >= 0.6 is 0 Å². The monoisotopic (exact) mass is 259 g/mol. The fourth-order valence-corrected chi connectivity index (χ4v) is 4.19. The normalized spacial score (nSPS) is 30.6. The molecule has 1 aromatic rings. The molecule has 3 rings (SSSR count). The Labute approximate surface area is 116 Å². The quantitative estimate of drug-likeness (QED) is 0.892. The molecule has 2 heteroatoms. The molecular weight excluding hydrogens is 234 g/mol. The summed E-state index contributed by atoms with van der Waals surface area (Å²) in [4.78, 5) is 0. The van der Waals surface area contributed by atoms with Gasteiger partial charge in [-0.3, -0.25) is 0 Å². The van der Waals surface area contributed by atoms with E-state index < -0.39 is 0 Å². The van der Waals surface area contributed by atoms with E-state index >= 15 is 0 Å². The lowest BCUT2D eigenvalue weighted by Crippen LogP contribution is -2.19. The lowest BCUT2D eigenvalue weighted by atomic mass is 9.83. The van der Waals surface area contributed by atoms with Crippen molar-refractivity contribution >= 4 is 0 Å². The van der Waals surface area contributed by atoms with Crippen molar-refractivity contribution in [2.75, 3.05) is 7.11 Å². The zero-order chi connectivity index (χ0) is 13.4. The molecule has 2 aliphatic rings. The third-order valence-electron chi connectivity index (χ3n) is 5.30. The molecule has 19 heavy (non-hydrogen) atoms. The molecule has 2 nitrogen and oxygen atoms in total. The molecule has 2 fully saturated rings. The van der Waals surface area contributed by atoms with Crippen molar-refractivity contribution in [1.29, 1.82) is 0 Å². The van der Waals surface area contributed by atoms with Crippen molar-refractivity contribution in [3.8, 4) is 5.75 Å². The number of hydrogen-bond acceptors (Lipinski definition) is 2. The Balaban J connectivity index is 1.68. The second kappa shape index (κ2) is 5.16. The predicted octanol–water partition coefficient (Wildman–Crippen LogP) is 3.83. The van der Waals surface area contributed by atoms with Crippen LogP contribution < -0.4 is 10.5 Å². The van der Waals surface area contributed by atoms with Crippen molar-refractivity contribution in [2.45, 2.75) is 45.1 Å². The van der Waals surface area contributed by atoms with E-state index in [0.717, 1.165) is 29.9 Å². The van der Waals surface area contributed by atoms with E-state index in [9.17, 15) is 0 Å². The van der Waals surface area contributed by atoms with Gasteiger partial charge in [0.15, 0.2) is 0 Å². The summed E-state index contributed by atoms with van der Waals surface area (Å²) in [5.41, 5.74) is 8.83. The van der Waals surface area contributed by atoms with Crippen LogP contribution in [0.25, 0.3) is 0 Å².